The van der Waals surface area contributed by atoms with Crippen LogP contribution in [0.4, 0.5) is 4.79 Å². The molecule has 0 bridgehead atoms. The highest BCUT2D eigenvalue weighted by atomic mass is 16.5. The van der Waals surface area contributed by atoms with Crippen LogP contribution < -0.4 is 16.0 Å². The molecule has 0 heterocycles. The van der Waals surface area contributed by atoms with E-state index in [1.54, 1.807) is 21.3 Å². The number of carbonyl (C=O) groups excluding carboxylic acids is 3. The summed E-state index contributed by atoms with van der Waals surface area (Å²) in [6, 6.07) is 56.3. The fourth-order valence-corrected chi connectivity index (χ4v) is 8.28. The van der Waals surface area contributed by atoms with Gasteiger partial charge in [0.1, 0.15) is 6.61 Å². The first kappa shape index (κ1) is 54.1. The fourth-order valence-electron chi connectivity index (χ4n) is 8.28. The summed E-state index contributed by atoms with van der Waals surface area (Å²) in [6.07, 6.45) is 9.25. The lowest BCUT2D eigenvalue weighted by Crippen LogP contribution is -2.27. The van der Waals surface area contributed by atoms with E-state index in [1.165, 1.54) is 37.9 Å². The van der Waals surface area contributed by atoms with Gasteiger partial charge in [-0.15, -0.1) is 12.8 Å². The molecule has 9 aromatic carbocycles. The van der Waals surface area contributed by atoms with Crippen LogP contribution >= 0.6 is 0 Å². The predicted octanol–water partition coefficient (Wildman–Crippen LogP) is 12.0. The molecular weight excluding hydrogens is 887 g/mol. The summed E-state index contributed by atoms with van der Waals surface area (Å²) in [5, 5.41) is 32.0. The number of aryl methyl sites for hydroxylation is 1. The molecule has 0 aromatic heterocycles. The number of carbonyl (C=O) groups is 3. The van der Waals surface area contributed by atoms with E-state index in [0.29, 0.717) is 39.1 Å². The second-order valence-electron chi connectivity index (χ2n) is 16.5. The Bertz CT molecular complexity index is 3000. The molecule has 366 valence electrons. The number of nitrogens with one attached hydrogen (secondary N) is 3. The topological polar surface area (TPSA) is 135 Å². The summed E-state index contributed by atoms with van der Waals surface area (Å²) in [7, 11) is 4.80. The number of amides is 3. The Labute approximate surface area is 417 Å². The number of hydrogen-bond donors (Lipinski definition) is 4. The van der Waals surface area contributed by atoms with E-state index in [4.69, 9.17) is 9.47 Å². The van der Waals surface area contributed by atoms with Crippen molar-refractivity contribution < 1.29 is 33.7 Å². The molecule has 0 atom stereocenters. The van der Waals surface area contributed by atoms with Crippen LogP contribution in [0, 0.1) is 19.8 Å². The van der Waals surface area contributed by atoms with Crippen LogP contribution in [0.25, 0.3) is 64.6 Å². The molecule has 4 N–H and O–H groups in total. The van der Waals surface area contributed by atoms with E-state index in [0.717, 1.165) is 43.4 Å². The van der Waals surface area contributed by atoms with Crippen molar-refractivity contribution in [1.29, 1.82) is 0 Å². The van der Waals surface area contributed by atoms with Crippen LogP contribution in [0.1, 0.15) is 42.4 Å². The molecule has 0 unspecified atom stereocenters. The maximum Gasteiger partial charge on any atom is 0.407 e. The zero-order valence-electron chi connectivity index (χ0n) is 41.2. The molecule has 71 heavy (non-hydrogen) atoms. The first-order chi connectivity index (χ1) is 34.8. The van der Waals surface area contributed by atoms with Crippen LogP contribution in [-0.4, -0.2) is 70.6 Å². The number of rotatable bonds is 14. The minimum atomic E-state index is -0.457. The number of fused-ring (bicyclic) bond motifs is 6. The van der Waals surface area contributed by atoms with Gasteiger partial charge in [-0.25, -0.2) is 4.79 Å². The minimum Gasteiger partial charge on any atom is -0.445 e. The van der Waals surface area contributed by atoms with Crippen LogP contribution in [0.3, 0.4) is 0 Å². The van der Waals surface area contributed by atoms with Crippen molar-refractivity contribution in [2.45, 2.75) is 45.8 Å². The third-order valence-corrected chi connectivity index (χ3v) is 11.7. The number of alkyl carbamates (subject to hydrolysis) is 1. The number of benzene rings is 9. The van der Waals surface area contributed by atoms with Gasteiger partial charge in [0, 0.05) is 66.0 Å². The van der Waals surface area contributed by atoms with Crippen LogP contribution in [0.2, 0.25) is 0 Å². The lowest BCUT2D eigenvalue weighted by atomic mass is 9.97. The number of ether oxygens (including phenoxy) is 3. The average Bonchev–Trinajstić information content (AvgIpc) is 3.41. The Morgan fingerprint density at radius 1 is 0.507 bits per heavy atom. The third kappa shape index (κ3) is 15.6. The average molecular weight is 952 g/mol. The molecule has 0 spiro atoms. The van der Waals surface area contributed by atoms with Crippen LogP contribution in [0.15, 0.2) is 164 Å². The van der Waals surface area contributed by atoms with E-state index in [9.17, 15) is 19.5 Å². The summed E-state index contributed by atoms with van der Waals surface area (Å²) in [6.45, 7) is 4.43. The highest BCUT2D eigenvalue weighted by Gasteiger charge is 2.11. The number of aliphatic hydroxyl groups excluding tert-OH is 1. The third-order valence-electron chi connectivity index (χ3n) is 11.7. The standard InChI is InChI=1S/C27H33N3O5.C15H12O.C15H12.C2H6O.C2H2/c1-28-25(31)12-13-26(32)29-14-6-16-34-17-7-15-30-27(33)35-19-24-22-10-4-2-8-20(22)18-21-9-3-5-11-23(21)24;16-10-15-13-7-3-1-5-11(13)9-12-6-2-4-8-14(12)15;1-11-14-8-4-2-6-12(14)10-13-7-3-5-9-15(11)13;1-3-2;1-2/h2-5,8-11,18H,6-7,12-17,19H2,1H3,(H,28,31)(H,29,32)(H,30,33);1-9,16H,10H2;2-10H,1H3;1-2H3;1-2H. The smallest absolute Gasteiger partial charge is 0.407 e. The second-order valence-corrected chi connectivity index (χ2v) is 16.5. The predicted molar refractivity (Wildman–Crippen MR) is 292 cm³/mol. The molecule has 0 aliphatic heterocycles. The zero-order chi connectivity index (χ0) is 50.8. The molecular formula is C61H65N3O7. The molecule has 9 rings (SSSR count). The molecule has 10 nitrogen and oxygen atoms in total. The Morgan fingerprint density at radius 3 is 1.24 bits per heavy atom. The van der Waals surface area contributed by atoms with Gasteiger partial charge in [-0.05, 0) is 114 Å². The van der Waals surface area contributed by atoms with Gasteiger partial charge in [0.15, 0.2) is 0 Å². The first-order valence-electron chi connectivity index (χ1n) is 23.7. The Kier molecular flexibility index (Phi) is 22.3. The number of hydrogen-bond acceptors (Lipinski definition) is 7. The van der Waals surface area contributed by atoms with Gasteiger partial charge in [-0.1, -0.05) is 146 Å². The van der Waals surface area contributed by atoms with E-state index in [-0.39, 0.29) is 37.9 Å². The normalized spacial score (nSPS) is 10.4. The van der Waals surface area contributed by atoms with Gasteiger partial charge in [0.25, 0.3) is 0 Å². The summed E-state index contributed by atoms with van der Waals surface area (Å²) in [4.78, 5) is 34.9. The maximum absolute atomic E-state index is 12.2. The SMILES string of the molecule is C#C.CNC(=O)CCC(=O)NCCCOCCCNC(=O)OCc1c2ccccc2cc2ccccc12.COC.Cc1c2ccccc2cc2ccccc12.OCc1c2ccccc2cc2ccccc12. The first-order valence-corrected chi connectivity index (χ1v) is 23.7. The number of aliphatic hydroxyl groups is 1. The molecule has 9 aromatic rings. The minimum absolute atomic E-state index is 0.0852. The molecule has 3 amide bonds. The highest BCUT2D eigenvalue weighted by Crippen LogP contribution is 2.31. The Morgan fingerprint density at radius 2 is 0.845 bits per heavy atom. The van der Waals surface area contributed by atoms with Crippen molar-refractivity contribution in [3.63, 3.8) is 0 Å². The van der Waals surface area contributed by atoms with Gasteiger partial charge < -0.3 is 35.3 Å². The zero-order valence-corrected chi connectivity index (χ0v) is 41.2. The van der Waals surface area contributed by atoms with Crippen molar-refractivity contribution in [3.05, 3.63) is 180 Å². The van der Waals surface area contributed by atoms with E-state index in [2.05, 4.69) is 144 Å². The van der Waals surface area contributed by atoms with Gasteiger partial charge in [-0.2, -0.15) is 0 Å². The Hall–Kier alpha value is -7.81. The van der Waals surface area contributed by atoms with Gasteiger partial charge in [0.2, 0.25) is 11.8 Å². The van der Waals surface area contributed by atoms with Crippen molar-refractivity contribution in [3.8, 4) is 12.8 Å². The molecule has 0 radical (unpaired) electrons. The van der Waals surface area contributed by atoms with Crippen LogP contribution in [0.5, 0.6) is 0 Å². The van der Waals surface area contributed by atoms with E-state index >= 15 is 0 Å². The van der Waals surface area contributed by atoms with E-state index in [1.807, 2.05) is 60.7 Å². The summed E-state index contributed by atoms with van der Waals surface area (Å²) in [5.74, 6) is -0.296. The maximum atomic E-state index is 12.2. The lowest BCUT2D eigenvalue weighted by molar-refractivity contribution is -0.126. The summed E-state index contributed by atoms with van der Waals surface area (Å²) in [5.41, 5.74) is 3.40. The van der Waals surface area contributed by atoms with Gasteiger partial charge in [-0.3, -0.25) is 9.59 Å². The molecule has 0 saturated carbocycles. The quantitative estimate of drug-likeness (QED) is 0.0484. The Balaban J connectivity index is 0.000000213. The number of terminal acetylenes is 1. The molecule has 10 heteroatoms. The molecule has 0 aliphatic carbocycles. The van der Waals surface area contributed by atoms with Crippen molar-refractivity contribution in [2.24, 2.45) is 0 Å². The van der Waals surface area contributed by atoms with Crippen molar-refractivity contribution in [1.82, 2.24) is 16.0 Å². The molecule has 0 saturated heterocycles. The lowest BCUT2D eigenvalue weighted by Gasteiger charge is -2.13. The largest absolute Gasteiger partial charge is 0.445 e. The fraction of sp³-hybridized carbons (Fsp3) is 0.230. The number of methoxy groups -OCH3 is 1. The highest BCUT2D eigenvalue weighted by molar-refractivity contribution is 6.04. The summed E-state index contributed by atoms with van der Waals surface area (Å²) >= 11 is 0. The van der Waals surface area contributed by atoms with Crippen molar-refractivity contribution in [2.75, 3.05) is 47.6 Å². The monoisotopic (exact) mass is 951 g/mol. The van der Waals surface area contributed by atoms with Crippen LogP contribution in [-0.2, 0) is 37.0 Å². The van der Waals surface area contributed by atoms with E-state index < -0.39 is 6.09 Å². The van der Waals surface area contributed by atoms with Crippen molar-refractivity contribution >= 4 is 82.5 Å². The van der Waals surface area contributed by atoms with Gasteiger partial charge in [0.05, 0.1) is 6.61 Å². The molecule has 0 aliphatic rings. The second kappa shape index (κ2) is 29.3. The summed E-state index contributed by atoms with van der Waals surface area (Å²) < 4.78 is 15.3. The van der Waals surface area contributed by atoms with Gasteiger partial charge >= 0.3 is 6.09 Å². The molecule has 0 fully saturated rings.